The lowest BCUT2D eigenvalue weighted by molar-refractivity contribution is -0.0247. The van der Waals surface area contributed by atoms with Gasteiger partial charge in [-0.05, 0) is 44.7 Å². The molecule has 2 aromatic rings. The number of halogens is 2. The minimum atomic E-state index is -0.839. The Morgan fingerprint density at radius 2 is 2.03 bits per heavy atom. The van der Waals surface area contributed by atoms with Gasteiger partial charge >= 0.3 is 6.09 Å². The molecule has 154 valence electrons. The lowest BCUT2D eigenvalue weighted by Crippen LogP contribution is -2.47. The van der Waals surface area contributed by atoms with E-state index in [0.717, 1.165) is 37.0 Å². The zero-order valence-corrected chi connectivity index (χ0v) is 17.5. The van der Waals surface area contributed by atoms with Gasteiger partial charge in [0.2, 0.25) is 0 Å². The van der Waals surface area contributed by atoms with Gasteiger partial charge in [-0.15, -0.1) is 0 Å². The number of benzene rings is 1. The maximum Gasteiger partial charge on any atom is 0.407 e. The Labute approximate surface area is 178 Å². The Morgan fingerprint density at radius 3 is 2.66 bits per heavy atom. The Hall–Kier alpha value is -1.76. The maximum atomic E-state index is 11.5. The number of likely N-dealkylation sites (tertiary alicyclic amines) is 1. The van der Waals surface area contributed by atoms with Crippen LogP contribution in [0.3, 0.4) is 0 Å². The van der Waals surface area contributed by atoms with Gasteiger partial charge in [0.25, 0.3) is 0 Å². The van der Waals surface area contributed by atoms with E-state index in [2.05, 4.69) is 5.16 Å². The summed E-state index contributed by atoms with van der Waals surface area (Å²) in [6, 6.07) is 5.39. The van der Waals surface area contributed by atoms with E-state index in [-0.39, 0.29) is 24.1 Å². The number of fused-ring (bicyclic) bond motifs is 2. The molecular weight excluding hydrogens is 415 g/mol. The molecule has 3 aliphatic rings. The van der Waals surface area contributed by atoms with Crippen molar-refractivity contribution in [1.29, 1.82) is 0 Å². The third-order valence-corrected chi connectivity index (χ3v) is 7.24. The minimum absolute atomic E-state index is 0.0286. The molecule has 0 unspecified atom stereocenters. The monoisotopic (exact) mass is 436 g/mol. The first-order chi connectivity index (χ1) is 14.0. The SMILES string of the molecule is C[C@@H]1[C@@H]2C[C@@H](C[C@H]2OCc2c(-c3c(Cl)cccc3Cl)noc2C2CC2)N1C(=O)O. The van der Waals surface area contributed by atoms with Crippen molar-refractivity contribution < 1.29 is 19.2 Å². The highest BCUT2D eigenvalue weighted by atomic mass is 35.5. The van der Waals surface area contributed by atoms with Gasteiger partial charge in [0.05, 0.1) is 22.8 Å². The van der Waals surface area contributed by atoms with Crippen molar-refractivity contribution in [3.05, 3.63) is 39.6 Å². The highest BCUT2D eigenvalue weighted by molar-refractivity contribution is 6.39. The fourth-order valence-electron chi connectivity index (χ4n) is 5.04. The van der Waals surface area contributed by atoms with E-state index in [4.69, 9.17) is 32.5 Å². The van der Waals surface area contributed by atoms with Crippen LogP contribution in [0, 0.1) is 5.92 Å². The number of rotatable bonds is 5. The van der Waals surface area contributed by atoms with Crippen LogP contribution in [0.4, 0.5) is 4.79 Å². The summed E-state index contributed by atoms with van der Waals surface area (Å²) in [5.41, 5.74) is 2.22. The lowest BCUT2D eigenvalue weighted by atomic mass is 9.97. The first-order valence-electron chi connectivity index (χ1n) is 10.0. The van der Waals surface area contributed by atoms with Crippen LogP contribution < -0.4 is 0 Å². The minimum Gasteiger partial charge on any atom is -0.465 e. The molecule has 1 N–H and O–H groups in total. The van der Waals surface area contributed by atoms with Crippen LogP contribution in [-0.4, -0.2) is 39.4 Å². The van der Waals surface area contributed by atoms with Crippen LogP contribution in [-0.2, 0) is 11.3 Å². The van der Waals surface area contributed by atoms with Crippen LogP contribution in [0.25, 0.3) is 11.3 Å². The number of ether oxygens (including phenoxy) is 1. The highest BCUT2D eigenvalue weighted by Gasteiger charge is 2.52. The Balaban J connectivity index is 1.40. The number of carbonyl (C=O) groups is 1. The fraction of sp³-hybridized carbons (Fsp3) is 0.524. The van der Waals surface area contributed by atoms with Gasteiger partial charge in [0.1, 0.15) is 11.5 Å². The van der Waals surface area contributed by atoms with E-state index >= 15 is 0 Å². The zero-order valence-electron chi connectivity index (χ0n) is 16.0. The molecule has 1 aliphatic heterocycles. The number of aromatic nitrogens is 1. The summed E-state index contributed by atoms with van der Waals surface area (Å²) in [5, 5.41) is 14.8. The molecule has 6 nitrogen and oxygen atoms in total. The van der Waals surface area contributed by atoms with Crippen LogP contribution >= 0.6 is 23.2 Å². The van der Waals surface area contributed by atoms with Gasteiger partial charge in [-0.3, -0.25) is 0 Å². The number of carboxylic acid groups (broad SMARTS) is 1. The fourth-order valence-corrected chi connectivity index (χ4v) is 5.62. The Morgan fingerprint density at radius 1 is 1.31 bits per heavy atom. The van der Waals surface area contributed by atoms with E-state index < -0.39 is 6.09 Å². The third kappa shape index (κ3) is 3.22. The Bertz CT molecular complexity index is 936. The number of hydrogen-bond acceptors (Lipinski definition) is 4. The van der Waals surface area contributed by atoms with Gasteiger partial charge in [-0.2, -0.15) is 0 Å². The second-order valence-electron chi connectivity index (χ2n) is 8.31. The molecule has 4 atom stereocenters. The molecule has 8 heteroatoms. The number of nitrogens with zero attached hydrogens (tertiary/aromatic N) is 2. The molecular formula is C21H22Cl2N2O4. The van der Waals surface area contributed by atoms with Crippen LogP contribution in [0.1, 0.15) is 49.8 Å². The summed E-state index contributed by atoms with van der Waals surface area (Å²) in [4.78, 5) is 13.1. The molecule has 2 aliphatic carbocycles. The van der Waals surface area contributed by atoms with Gasteiger partial charge in [-0.25, -0.2) is 4.79 Å². The van der Waals surface area contributed by atoms with E-state index in [1.807, 2.05) is 6.92 Å². The summed E-state index contributed by atoms with van der Waals surface area (Å²) in [6.07, 6.45) is 2.94. The predicted octanol–water partition coefficient (Wildman–Crippen LogP) is 5.57. The summed E-state index contributed by atoms with van der Waals surface area (Å²) in [5.74, 6) is 1.45. The maximum absolute atomic E-state index is 11.5. The summed E-state index contributed by atoms with van der Waals surface area (Å²) < 4.78 is 12.0. The average Bonchev–Trinajstić information content (AvgIpc) is 3.17. The van der Waals surface area contributed by atoms with Gasteiger partial charge in [0.15, 0.2) is 0 Å². The van der Waals surface area contributed by atoms with Gasteiger partial charge < -0.3 is 19.3 Å². The van der Waals surface area contributed by atoms with Crippen molar-refractivity contribution in [1.82, 2.24) is 10.1 Å². The van der Waals surface area contributed by atoms with Crippen molar-refractivity contribution >= 4 is 29.3 Å². The van der Waals surface area contributed by atoms with Crippen molar-refractivity contribution in [2.45, 2.75) is 63.3 Å². The second kappa shape index (κ2) is 7.18. The van der Waals surface area contributed by atoms with Crippen LogP contribution in [0.15, 0.2) is 22.7 Å². The topological polar surface area (TPSA) is 75.8 Å². The summed E-state index contributed by atoms with van der Waals surface area (Å²) in [6.45, 7) is 2.33. The summed E-state index contributed by atoms with van der Waals surface area (Å²) in [7, 11) is 0. The standard InChI is InChI=1S/C21H22Cl2N2O4/c1-10-13-7-12(25(10)21(26)27)8-17(13)28-9-14-19(24-29-20(14)11-5-6-11)18-15(22)3-2-4-16(18)23/h2-4,10-13,17H,5-9H2,1H3,(H,26,27)/t10-,12+,13+,17-/m1/s1. The molecule has 5 rings (SSSR count). The van der Waals surface area contributed by atoms with Crippen LogP contribution in [0.5, 0.6) is 0 Å². The molecule has 1 aromatic heterocycles. The van der Waals surface area contributed by atoms with Gasteiger partial charge in [0, 0.05) is 35.0 Å². The number of hydrogen-bond donors (Lipinski definition) is 1. The molecule has 0 spiro atoms. The largest absolute Gasteiger partial charge is 0.465 e. The predicted molar refractivity (Wildman–Crippen MR) is 108 cm³/mol. The Kier molecular flexibility index (Phi) is 4.76. The van der Waals surface area contributed by atoms with E-state index in [1.54, 1.807) is 23.1 Å². The molecule has 1 saturated heterocycles. The normalized spacial score (nSPS) is 28.3. The van der Waals surface area contributed by atoms with E-state index in [0.29, 0.717) is 33.8 Å². The van der Waals surface area contributed by atoms with Crippen molar-refractivity contribution in [3.8, 4) is 11.3 Å². The zero-order chi connectivity index (χ0) is 20.3. The molecule has 29 heavy (non-hydrogen) atoms. The first kappa shape index (κ1) is 19.2. The molecule has 2 heterocycles. The van der Waals surface area contributed by atoms with Crippen molar-refractivity contribution in [2.24, 2.45) is 5.92 Å². The number of piperidine rings is 1. The quantitative estimate of drug-likeness (QED) is 0.662. The lowest BCUT2D eigenvalue weighted by Gasteiger charge is -2.35. The molecule has 1 aromatic carbocycles. The van der Waals surface area contributed by atoms with Crippen molar-refractivity contribution in [2.75, 3.05) is 0 Å². The smallest absolute Gasteiger partial charge is 0.407 e. The number of amides is 1. The van der Waals surface area contributed by atoms with E-state index in [1.165, 1.54) is 0 Å². The average molecular weight is 437 g/mol. The molecule has 1 amide bonds. The van der Waals surface area contributed by atoms with Crippen LogP contribution in [0.2, 0.25) is 10.0 Å². The van der Waals surface area contributed by atoms with Gasteiger partial charge in [-0.1, -0.05) is 34.4 Å². The summed E-state index contributed by atoms with van der Waals surface area (Å²) >= 11 is 12.8. The second-order valence-corrected chi connectivity index (χ2v) is 9.13. The molecule has 0 radical (unpaired) electrons. The molecule has 3 fully saturated rings. The molecule has 2 saturated carbocycles. The van der Waals surface area contributed by atoms with Crippen molar-refractivity contribution in [3.63, 3.8) is 0 Å². The highest BCUT2D eigenvalue weighted by Crippen LogP contribution is 2.48. The molecule has 2 bridgehead atoms. The van der Waals surface area contributed by atoms with E-state index in [9.17, 15) is 9.90 Å². The third-order valence-electron chi connectivity index (χ3n) is 6.61. The first-order valence-corrected chi connectivity index (χ1v) is 10.8.